The molecular formula is C87H153N9O47S5. The van der Waals surface area contributed by atoms with E-state index >= 15 is 0 Å². The van der Waals surface area contributed by atoms with Crippen LogP contribution >= 0.6 is 0 Å². The van der Waals surface area contributed by atoms with Crippen LogP contribution in [0.5, 0.6) is 0 Å². The molecule has 56 nitrogen and oxygen atoms in total. The molecule has 1 heterocycles. The van der Waals surface area contributed by atoms with Crippen molar-refractivity contribution < 1.29 is 215 Å². The lowest BCUT2D eigenvalue weighted by Crippen LogP contribution is -2.56. The number of imide groups is 1. The van der Waals surface area contributed by atoms with E-state index in [1.54, 1.807) is 24.3 Å². The molecule has 148 heavy (non-hydrogen) atoms. The van der Waals surface area contributed by atoms with Gasteiger partial charge in [-0.05, 0) is 139 Å². The maximum Gasteiger partial charge on any atom is 0.397 e. The molecule has 0 aliphatic carbocycles. The molecule has 10 amide bonds. The predicted molar refractivity (Wildman–Crippen MR) is 521 cm³/mol. The molecule has 0 unspecified atom stereocenters. The van der Waals surface area contributed by atoms with E-state index in [0.29, 0.717) is 136 Å². The van der Waals surface area contributed by atoms with Crippen LogP contribution in [0.3, 0.4) is 0 Å². The monoisotopic (exact) mass is 2240 g/mol. The molecule has 1 aliphatic rings. The fourth-order valence-electron chi connectivity index (χ4n) is 12.7. The fourth-order valence-corrected chi connectivity index (χ4v) is 14.4. The lowest BCUT2D eigenvalue weighted by atomic mass is 10.0. The molecule has 1 aromatic carbocycles. The molecule has 0 fully saturated rings. The van der Waals surface area contributed by atoms with Crippen LogP contribution in [0.25, 0.3) is 0 Å². The summed E-state index contributed by atoms with van der Waals surface area (Å²) in [5, 5.41) is 28.2. The number of anilines is 1. The molecule has 61 heteroatoms. The summed E-state index contributed by atoms with van der Waals surface area (Å²) < 4.78 is 277. The quantitative estimate of drug-likeness (QED) is 0.0171. The minimum Gasteiger partial charge on any atom is -0.392 e. The molecule has 15 N–H and O–H groups in total. The summed E-state index contributed by atoms with van der Waals surface area (Å²) in [7, 11) is -24.1. The van der Waals surface area contributed by atoms with Gasteiger partial charge in [0, 0.05) is 89.9 Å². The molecule has 1 aromatic rings. The van der Waals surface area contributed by atoms with Crippen LogP contribution in [0.1, 0.15) is 141 Å². The number of ether oxygens (including phenoxy) is 17. The zero-order chi connectivity index (χ0) is 109. The topological polar surface area (TPSA) is 762 Å². The number of benzene rings is 1. The highest BCUT2D eigenvalue weighted by Gasteiger charge is 2.42. The number of unbranched alkanes of at least 4 members (excludes halogenated alkanes) is 8. The van der Waals surface area contributed by atoms with Gasteiger partial charge >= 0.3 is 58.0 Å². The first-order valence-corrected chi connectivity index (χ1v) is 55.2. The molecule has 0 spiro atoms. The van der Waals surface area contributed by atoms with Crippen LogP contribution in [-0.4, -0.2) is 428 Å². The van der Waals surface area contributed by atoms with E-state index in [2.05, 4.69) is 64.7 Å². The summed E-state index contributed by atoms with van der Waals surface area (Å²) in [6.45, 7) is 7.89. The Kier molecular flexibility index (Phi) is 78.4. The Morgan fingerprint density at radius 3 is 1.15 bits per heavy atom. The van der Waals surface area contributed by atoms with Crippen molar-refractivity contribution in [3.63, 3.8) is 0 Å². The Labute approximate surface area is 864 Å². The van der Waals surface area contributed by atoms with Crippen LogP contribution in [-0.2, 0) is 198 Å². The maximum absolute atomic E-state index is 14.5. The minimum atomic E-state index is -4.84. The Bertz CT molecular complexity index is 4430. The number of rotatable bonds is 103. The van der Waals surface area contributed by atoms with Crippen molar-refractivity contribution in [2.45, 2.75) is 184 Å². The van der Waals surface area contributed by atoms with E-state index in [1.807, 2.05) is 0 Å². The van der Waals surface area contributed by atoms with E-state index < -0.39 is 182 Å². The van der Waals surface area contributed by atoms with Gasteiger partial charge in [0.1, 0.15) is 36.4 Å². The van der Waals surface area contributed by atoms with Gasteiger partial charge in [-0.1, -0.05) is 25.1 Å². The van der Waals surface area contributed by atoms with Crippen LogP contribution in [0.2, 0.25) is 0 Å². The van der Waals surface area contributed by atoms with Crippen molar-refractivity contribution in [1.82, 2.24) is 36.8 Å². The third-order valence-corrected chi connectivity index (χ3v) is 22.3. The zero-order valence-electron chi connectivity index (χ0n) is 83.6. The van der Waals surface area contributed by atoms with Gasteiger partial charge in [0.25, 0.3) is 17.7 Å². The average Bonchev–Trinajstić information content (AvgIpc) is 1.07. The summed E-state index contributed by atoms with van der Waals surface area (Å²) >= 11 is 0. The number of aliphatic hydroxyl groups is 1. The Morgan fingerprint density at radius 1 is 0.351 bits per heavy atom. The van der Waals surface area contributed by atoms with Gasteiger partial charge in [0.15, 0.2) is 6.10 Å². The number of urea groups is 1. The number of hydrogen-bond donors (Lipinski definition) is 14. The van der Waals surface area contributed by atoms with Gasteiger partial charge in [-0.2, -0.15) is 42.1 Å². The number of nitrogens with one attached hydrogen (secondary N) is 7. The van der Waals surface area contributed by atoms with Crippen LogP contribution in [0.4, 0.5) is 10.5 Å². The van der Waals surface area contributed by atoms with Gasteiger partial charge in [-0.25, -0.2) is 25.7 Å². The molecule has 0 saturated heterocycles. The molecule has 0 bridgehead atoms. The van der Waals surface area contributed by atoms with Crippen LogP contribution in [0, 0.1) is 0 Å². The number of amides is 10. The third kappa shape index (κ3) is 79.5. The largest absolute Gasteiger partial charge is 0.397 e. The normalized spacial score (nSPS) is 14.0. The van der Waals surface area contributed by atoms with Gasteiger partial charge in [-0.15, -0.1) is 0 Å². The molecule has 1 aliphatic heterocycles. The van der Waals surface area contributed by atoms with Crippen molar-refractivity contribution in [2.24, 2.45) is 5.73 Å². The highest BCUT2D eigenvalue weighted by atomic mass is 32.3. The first-order valence-electron chi connectivity index (χ1n) is 48.4. The summed E-state index contributed by atoms with van der Waals surface area (Å²) in [6.07, 6.45) is -0.989. The highest BCUT2D eigenvalue weighted by molar-refractivity contribution is 7.81. The summed E-state index contributed by atoms with van der Waals surface area (Å²) in [6, 6.07) is 1.90. The first kappa shape index (κ1) is 137. The molecule has 7 atom stereocenters. The SMILES string of the molecule is C=C(C)[C@H](NC(=O)[C@H](CCCCNC(=O)CCOCCOCCOCCOCCOCCOCCOCCOCCOCCOCCOCCOCCNC(=O)[C@H](OCCCCOS(=O)(=O)O)[C@@H](OCCCCOS(=O)(=O)O)[C@H](OCCCCOS(=O)(=O)O)[C@@H](COCCCCOS(=O)(=O)O)OCCCCOS(=O)(=O)O)NC(=O)CCCCCN1C(=O)C=CC1=O)C(=O)N[C@@H](CCCNC(N)=O)C(=O)Nc1ccc(CO)cc1. The second kappa shape index (κ2) is 85.0. The van der Waals surface area contributed by atoms with Crippen molar-refractivity contribution in [1.29, 1.82) is 0 Å². The van der Waals surface area contributed by atoms with Gasteiger partial charge in [0.2, 0.25) is 29.5 Å². The highest BCUT2D eigenvalue weighted by Crippen LogP contribution is 2.24. The number of nitrogens with zero attached hydrogens (tertiary/aromatic N) is 1. The van der Waals surface area contributed by atoms with Gasteiger partial charge < -0.3 is 129 Å². The second-order valence-corrected chi connectivity index (χ2v) is 37.6. The van der Waals surface area contributed by atoms with Gasteiger partial charge in [-0.3, -0.25) is 66.0 Å². The molecule has 0 saturated carbocycles. The van der Waals surface area contributed by atoms with Crippen LogP contribution in [0.15, 0.2) is 48.6 Å². The number of carbonyl (C=O) groups excluding carboxylic acids is 9. The Hall–Kier alpha value is -7.44. The Balaban J connectivity index is 1.67. The number of primary amides is 1. The Morgan fingerprint density at radius 2 is 0.730 bits per heavy atom. The van der Waals surface area contributed by atoms with Crippen molar-refractivity contribution in [2.75, 3.05) is 263 Å². The average molecular weight is 2240 g/mol. The number of hydrogen-bond acceptors (Lipinski definition) is 42. The van der Waals surface area contributed by atoms with E-state index in [9.17, 15) is 90.3 Å². The summed E-state index contributed by atoms with van der Waals surface area (Å²) in [5.41, 5.74) is 6.39. The number of aliphatic hydroxyl groups excluding tert-OH is 1. The number of nitrogens with two attached hydrogens (primary N) is 1. The van der Waals surface area contributed by atoms with E-state index in [1.165, 1.54) is 19.1 Å². The van der Waals surface area contributed by atoms with Gasteiger partial charge in [0.05, 0.1) is 205 Å². The van der Waals surface area contributed by atoms with Crippen molar-refractivity contribution in [3.8, 4) is 0 Å². The minimum absolute atomic E-state index is 0.000808. The fraction of sp³-hybridized carbons (Fsp3) is 0.782. The lowest BCUT2D eigenvalue weighted by molar-refractivity contribution is -0.193. The summed E-state index contributed by atoms with van der Waals surface area (Å²) in [4.78, 5) is 118. The summed E-state index contributed by atoms with van der Waals surface area (Å²) in [5.74, 6) is -4.53. The maximum atomic E-state index is 14.5. The van der Waals surface area contributed by atoms with E-state index in [0.717, 1.165) is 4.90 Å². The third-order valence-electron chi connectivity index (χ3n) is 20.0. The standard InChI is InChI=1S/C87H153N9O47S5/c1-69(2)79(85(104)94-73(20-18-30-91-87(88)106)83(102)92-71-24-22-70(67-97)23-25-71)95-84(103)72(93-76(99)21-4-3-7-32-96-77(100)26-27-78(96)101)19-5-6-29-89-75(98)28-43-122-45-47-124-49-51-126-53-55-128-57-59-130-61-63-132-65-66-133-64-62-131-60-58-129-56-54-127-52-50-125-48-46-123-44-31-90-86(105)82(138-37-12-17-42-143-148(119,120)121)81(137-36-11-16-41-142-147(116,117)118)80(136-35-10-15-40-141-146(113,114)115)74(135-34-9-14-39-140-145(110,111)112)68-134-33-8-13-38-139-144(107,108)109/h22-27,72-74,79-82,97H,1,3-21,28-68H2,2H3,(H,89,98)(H,90,105)(H,92,102)(H,93,99)(H,94,104)(H,95,103)(H3,88,91,106)(H,107,108,109)(H,110,111,112)(H,113,114,115)(H,116,117,118)(H,119,120,121)/t72-,73-,74+,79-,80+,81-,82+/m0/s1. The van der Waals surface area contributed by atoms with Crippen molar-refractivity contribution >= 4 is 111 Å². The lowest BCUT2D eigenvalue weighted by Gasteiger charge is -2.37. The molecule has 858 valence electrons. The smallest absolute Gasteiger partial charge is 0.392 e. The molecule has 0 aromatic heterocycles. The van der Waals surface area contributed by atoms with E-state index in [-0.39, 0.29) is 240 Å². The molecular weight excluding hydrogens is 2080 g/mol. The van der Waals surface area contributed by atoms with Crippen LogP contribution < -0.4 is 43.0 Å². The first-order chi connectivity index (χ1) is 70.7. The molecule has 0 radical (unpaired) electrons. The number of carbonyl (C=O) groups is 9. The van der Waals surface area contributed by atoms with E-state index in [4.69, 9.17) is 109 Å². The van der Waals surface area contributed by atoms with Crippen molar-refractivity contribution in [3.05, 3.63) is 54.1 Å². The zero-order valence-corrected chi connectivity index (χ0v) is 87.7. The predicted octanol–water partition coefficient (Wildman–Crippen LogP) is -0.371. The molecule has 2 rings (SSSR count). The second-order valence-electron chi connectivity index (χ2n) is 32.2.